The molecule has 1 aliphatic carbocycles. The lowest BCUT2D eigenvalue weighted by molar-refractivity contribution is -0.121. The Morgan fingerprint density at radius 1 is 1.29 bits per heavy atom. The van der Waals surface area contributed by atoms with Crippen molar-refractivity contribution in [2.75, 3.05) is 6.54 Å². The molecule has 1 aliphatic rings. The molecule has 112 valence electrons. The van der Waals surface area contributed by atoms with Crippen LogP contribution in [0, 0.1) is 17.8 Å². The van der Waals surface area contributed by atoms with Crippen LogP contribution in [0.5, 0.6) is 0 Å². The van der Waals surface area contributed by atoms with E-state index in [0.29, 0.717) is 19.5 Å². The molecule has 1 amide bonds. The fourth-order valence-corrected chi connectivity index (χ4v) is 2.86. The van der Waals surface area contributed by atoms with E-state index in [0.717, 1.165) is 23.5 Å². The minimum absolute atomic E-state index is 0.142. The quantitative estimate of drug-likeness (QED) is 0.817. The van der Waals surface area contributed by atoms with Gasteiger partial charge in [0.25, 0.3) is 0 Å². The minimum atomic E-state index is 0.142. The Kier molecular flexibility index (Phi) is 6.30. The highest BCUT2D eigenvalue weighted by Crippen LogP contribution is 2.28. The van der Waals surface area contributed by atoms with E-state index in [1.54, 1.807) is 0 Å². The van der Waals surface area contributed by atoms with Gasteiger partial charge in [-0.25, -0.2) is 0 Å². The van der Waals surface area contributed by atoms with Gasteiger partial charge in [-0.3, -0.25) is 4.79 Å². The third kappa shape index (κ3) is 5.24. The van der Waals surface area contributed by atoms with Crippen molar-refractivity contribution in [2.45, 2.75) is 45.1 Å². The predicted molar refractivity (Wildman–Crippen MR) is 85.4 cm³/mol. The second-order valence-electron chi connectivity index (χ2n) is 5.63. The number of carbonyl (C=O) groups excluding carboxylic acids is 1. The predicted octanol–water partition coefficient (Wildman–Crippen LogP) is 2.58. The molecule has 3 heteroatoms. The Bertz CT molecular complexity index is 522. The number of amides is 1. The van der Waals surface area contributed by atoms with Crippen LogP contribution in [0.15, 0.2) is 24.3 Å². The Labute approximate surface area is 127 Å². The Balaban J connectivity index is 1.80. The van der Waals surface area contributed by atoms with Crippen molar-refractivity contribution in [3.05, 3.63) is 35.4 Å². The van der Waals surface area contributed by atoms with E-state index < -0.39 is 0 Å². The summed E-state index contributed by atoms with van der Waals surface area (Å²) in [6.07, 6.45) is 6.93. The maximum atomic E-state index is 11.9. The largest absolute Gasteiger partial charge is 0.352 e. The van der Waals surface area contributed by atoms with Crippen LogP contribution in [0.4, 0.5) is 0 Å². The smallest absolute Gasteiger partial charge is 0.220 e. The first kappa shape index (κ1) is 15.6. The van der Waals surface area contributed by atoms with E-state index in [1.807, 2.05) is 24.3 Å². The number of hydrogen-bond donors (Lipinski definition) is 2. The summed E-state index contributed by atoms with van der Waals surface area (Å²) in [4.78, 5) is 11.9. The first-order valence-electron chi connectivity index (χ1n) is 7.83. The average molecular weight is 284 g/mol. The van der Waals surface area contributed by atoms with Crippen LogP contribution in [0.25, 0.3) is 0 Å². The fourth-order valence-electron chi connectivity index (χ4n) is 2.86. The molecule has 0 saturated heterocycles. The summed E-state index contributed by atoms with van der Waals surface area (Å²) >= 11 is 0. The van der Waals surface area contributed by atoms with Gasteiger partial charge in [-0.2, -0.15) is 0 Å². The van der Waals surface area contributed by atoms with Gasteiger partial charge in [0.15, 0.2) is 0 Å². The number of hydrogen-bond acceptors (Lipinski definition) is 2. The van der Waals surface area contributed by atoms with Crippen molar-refractivity contribution in [3.8, 4) is 11.8 Å². The number of benzene rings is 1. The lowest BCUT2D eigenvalue weighted by atomic mass is 10.0. The molecule has 2 rings (SSSR count). The zero-order valence-electron chi connectivity index (χ0n) is 12.5. The molecule has 1 aromatic rings. The van der Waals surface area contributed by atoms with Crippen molar-refractivity contribution in [3.63, 3.8) is 0 Å². The molecule has 1 aromatic carbocycles. The maximum Gasteiger partial charge on any atom is 0.220 e. The first-order chi connectivity index (χ1) is 10.3. The van der Waals surface area contributed by atoms with E-state index in [9.17, 15) is 4.79 Å². The van der Waals surface area contributed by atoms with E-state index in [-0.39, 0.29) is 5.91 Å². The molecule has 0 radical (unpaired) electrons. The summed E-state index contributed by atoms with van der Waals surface area (Å²) in [6, 6.07) is 7.88. The van der Waals surface area contributed by atoms with E-state index in [1.165, 1.54) is 25.7 Å². The molecule has 0 heterocycles. The van der Waals surface area contributed by atoms with Crippen LogP contribution < -0.4 is 11.1 Å². The Morgan fingerprint density at radius 3 is 2.81 bits per heavy atom. The molecule has 0 spiro atoms. The highest BCUT2D eigenvalue weighted by Gasteiger charge is 2.16. The molecule has 0 bridgehead atoms. The van der Waals surface area contributed by atoms with Crippen LogP contribution >= 0.6 is 0 Å². The highest BCUT2D eigenvalue weighted by atomic mass is 16.1. The summed E-state index contributed by atoms with van der Waals surface area (Å²) in [5.74, 6) is 6.81. The normalized spacial score (nSPS) is 14.5. The molecule has 1 saturated carbocycles. The van der Waals surface area contributed by atoms with Gasteiger partial charge in [-0.1, -0.05) is 55.7 Å². The summed E-state index contributed by atoms with van der Waals surface area (Å²) < 4.78 is 0. The van der Waals surface area contributed by atoms with Gasteiger partial charge in [0.1, 0.15) is 0 Å². The first-order valence-corrected chi connectivity index (χ1v) is 7.83. The average Bonchev–Trinajstić information content (AvgIpc) is 3.03. The number of carbonyl (C=O) groups is 1. The van der Waals surface area contributed by atoms with Gasteiger partial charge >= 0.3 is 0 Å². The Hall–Kier alpha value is -1.79. The second-order valence-corrected chi connectivity index (χ2v) is 5.63. The van der Waals surface area contributed by atoms with Crippen LogP contribution in [-0.4, -0.2) is 12.5 Å². The van der Waals surface area contributed by atoms with Crippen LogP contribution in [0.3, 0.4) is 0 Å². The van der Waals surface area contributed by atoms with Crippen molar-refractivity contribution in [1.29, 1.82) is 0 Å². The third-order valence-electron chi connectivity index (χ3n) is 4.07. The van der Waals surface area contributed by atoms with Crippen molar-refractivity contribution in [2.24, 2.45) is 11.7 Å². The molecule has 1 fully saturated rings. The Morgan fingerprint density at radius 2 is 2.05 bits per heavy atom. The maximum absolute atomic E-state index is 11.9. The second kappa shape index (κ2) is 8.49. The highest BCUT2D eigenvalue weighted by molar-refractivity contribution is 5.75. The zero-order valence-corrected chi connectivity index (χ0v) is 12.5. The van der Waals surface area contributed by atoms with Gasteiger partial charge in [-0.05, 0) is 24.0 Å². The molecule has 3 N–H and O–H groups in total. The standard InChI is InChI=1S/C18H24N2O/c19-13-5-10-16-8-3-4-9-17(16)14-20-18(21)12-11-15-6-1-2-7-15/h3-4,8-9,15H,1-2,6-7,11-14,19H2,(H,20,21). The monoisotopic (exact) mass is 284 g/mol. The van der Waals surface area contributed by atoms with E-state index in [4.69, 9.17) is 5.73 Å². The van der Waals surface area contributed by atoms with Crippen LogP contribution in [0.1, 0.15) is 49.7 Å². The number of nitrogens with two attached hydrogens (primary N) is 1. The van der Waals surface area contributed by atoms with Gasteiger partial charge < -0.3 is 11.1 Å². The van der Waals surface area contributed by atoms with Gasteiger partial charge in [-0.15, -0.1) is 0 Å². The molecular weight excluding hydrogens is 260 g/mol. The van der Waals surface area contributed by atoms with Crippen LogP contribution in [0.2, 0.25) is 0 Å². The summed E-state index contributed by atoms with van der Waals surface area (Å²) in [5, 5.41) is 3.00. The molecule has 0 unspecified atom stereocenters. The van der Waals surface area contributed by atoms with E-state index >= 15 is 0 Å². The summed E-state index contributed by atoms with van der Waals surface area (Å²) in [5.41, 5.74) is 7.40. The lowest BCUT2D eigenvalue weighted by Gasteiger charge is -2.10. The fraction of sp³-hybridized carbons (Fsp3) is 0.500. The third-order valence-corrected chi connectivity index (χ3v) is 4.07. The lowest BCUT2D eigenvalue weighted by Crippen LogP contribution is -2.23. The SMILES string of the molecule is NCC#Cc1ccccc1CNC(=O)CCC1CCCC1. The van der Waals surface area contributed by atoms with Crippen LogP contribution in [-0.2, 0) is 11.3 Å². The number of nitrogens with one attached hydrogen (secondary N) is 1. The van der Waals surface area contributed by atoms with Crippen molar-refractivity contribution >= 4 is 5.91 Å². The molecule has 3 nitrogen and oxygen atoms in total. The molecular formula is C18H24N2O. The van der Waals surface area contributed by atoms with E-state index in [2.05, 4.69) is 17.2 Å². The zero-order chi connectivity index (χ0) is 14.9. The van der Waals surface area contributed by atoms with Gasteiger partial charge in [0.2, 0.25) is 5.91 Å². The topological polar surface area (TPSA) is 55.1 Å². The molecule has 21 heavy (non-hydrogen) atoms. The van der Waals surface area contributed by atoms with Crippen molar-refractivity contribution in [1.82, 2.24) is 5.32 Å². The number of rotatable bonds is 5. The molecule has 0 aromatic heterocycles. The summed E-state index contributed by atoms with van der Waals surface area (Å²) in [7, 11) is 0. The molecule has 0 atom stereocenters. The van der Waals surface area contributed by atoms with Gasteiger partial charge in [0.05, 0.1) is 6.54 Å². The van der Waals surface area contributed by atoms with Gasteiger partial charge in [0, 0.05) is 18.5 Å². The van der Waals surface area contributed by atoms with Crippen molar-refractivity contribution < 1.29 is 4.79 Å². The molecule has 0 aliphatic heterocycles. The minimum Gasteiger partial charge on any atom is -0.352 e. The summed E-state index contributed by atoms with van der Waals surface area (Å²) in [6.45, 7) is 0.890.